The number of aromatic nitrogens is 1. The normalized spacial score (nSPS) is 19.9. The van der Waals surface area contributed by atoms with Crippen molar-refractivity contribution >= 4 is 56.4 Å². The average Bonchev–Trinajstić information content (AvgIpc) is 3.25. The number of rotatable bonds is 5. The Kier molecular flexibility index (Phi) is 6.52. The van der Waals surface area contributed by atoms with Gasteiger partial charge >= 0.3 is 5.97 Å². The molecule has 0 saturated heterocycles. The van der Waals surface area contributed by atoms with Gasteiger partial charge in [-0.2, -0.15) is 0 Å². The van der Waals surface area contributed by atoms with Crippen LogP contribution in [0.2, 0.25) is 5.02 Å². The Balaban J connectivity index is 1.72. The van der Waals surface area contributed by atoms with Crippen molar-refractivity contribution < 1.29 is 19.4 Å². The summed E-state index contributed by atoms with van der Waals surface area (Å²) in [6.45, 7) is 7.34. The van der Waals surface area contributed by atoms with E-state index in [0.717, 1.165) is 15.8 Å². The van der Waals surface area contributed by atoms with E-state index in [-0.39, 0.29) is 17.7 Å². The number of aliphatic carboxylic acids is 1. The molecule has 5 rings (SSSR count). The van der Waals surface area contributed by atoms with Crippen LogP contribution in [0, 0.1) is 18.8 Å². The summed E-state index contributed by atoms with van der Waals surface area (Å²) < 4.78 is 6.83. The SMILES string of the molecule is Cc1cc2nc(N3C=CC4C=CN=CC4C3=O)sc2c(-c2ccc(Cl)cc2)c1[C@H](OC(C)(C)C)C(=O)O. The fraction of sp³-hybridized carbons (Fsp3) is 0.286. The molecular formula is C28H26ClN3O4S. The minimum atomic E-state index is -1.21. The fourth-order valence-corrected chi connectivity index (χ4v) is 5.87. The molecule has 0 spiro atoms. The molecule has 0 bridgehead atoms. The minimum Gasteiger partial charge on any atom is -0.479 e. The predicted molar refractivity (Wildman–Crippen MR) is 147 cm³/mol. The fourth-order valence-electron chi connectivity index (χ4n) is 4.63. The number of carbonyl (C=O) groups excluding carboxylic acids is 1. The van der Waals surface area contributed by atoms with Gasteiger partial charge in [0.05, 0.1) is 21.7 Å². The van der Waals surface area contributed by atoms with E-state index in [0.29, 0.717) is 26.8 Å². The zero-order valence-electron chi connectivity index (χ0n) is 20.8. The van der Waals surface area contributed by atoms with E-state index < -0.39 is 17.7 Å². The second-order valence-corrected chi connectivity index (χ2v) is 11.5. The van der Waals surface area contributed by atoms with E-state index >= 15 is 0 Å². The summed E-state index contributed by atoms with van der Waals surface area (Å²) in [7, 11) is 0. The maximum Gasteiger partial charge on any atom is 0.337 e. The maximum absolute atomic E-state index is 13.3. The van der Waals surface area contributed by atoms with Gasteiger partial charge in [-0.1, -0.05) is 47.2 Å². The van der Waals surface area contributed by atoms with Crippen LogP contribution in [0.15, 0.2) is 59.9 Å². The lowest BCUT2D eigenvalue weighted by atomic mass is 9.88. The number of carbonyl (C=O) groups is 2. The summed E-state index contributed by atoms with van der Waals surface area (Å²) in [6, 6.07) is 9.11. The molecule has 3 atom stereocenters. The summed E-state index contributed by atoms with van der Waals surface area (Å²) in [4.78, 5) is 36.3. The Hall–Kier alpha value is -3.33. The molecule has 3 heterocycles. The van der Waals surface area contributed by atoms with Crippen LogP contribution in [0.1, 0.15) is 38.0 Å². The van der Waals surface area contributed by atoms with Crippen molar-refractivity contribution in [1.29, 1.82) is 0 Å². The number of halogens is 1. The average molecular weight is 536 g/mol. The number of anilines is 1. The van der Waals surface area contributed by atoms with Gasteiger partial charge in [0.2, 0.25) is 5.91 Å². The van der Waals surface area contributed by atoms with Crippen LogP contribution in [-0.4, -0.2) is 33.8 Å². The molecule has 1 N–H and O–H groups in total. The molecule has 0 fully saturated rings. The monoisotopic (exact) mass is 535 g/mol. The third-order valence-corrected chi connectivity index (χ3v) is 7.59. The van der Waals surface area contributed by atoms with Gasteiger partial charge in [0, 0.05) is 40.7 Å². The molecule has 2 aliphatic rings. The Morgan fingerprint density at radius 1 is 1.22 bits per heavy atom. The van der Waals surface area contributed by atoms with Gasteiger partial charge in [-0.25, -0.2) is 9.78 Å². The van der Waals surface area contributed by atoms with Crippen molar-refractivity contribution in [2.75, 3.05) is 4.90 Å². The first-order valence-electron chi connectivity index (χ1n) is 11.9. The number of hydrogen-bond donors (Lipinski definition) is 1. The summed E-state index contributed by atoms with van der Waals surface area (Å²) >= 11 is 7.51. The molecule has 2 aliphatic heterocycles. The molecule has 7 nitrogen and oxygen atoms in total. The van der Waals surface area contributed by atoms with Crippen molar-refractivity contribution in [3.63, 3.8) is 0 Å². The van der Waals surface area contributed by atoms with Crippen molar-refractivity contribution in [2.45, 2.75) is 39.4 Å². The number of amides is 1. The zero-order valence-corrected chi connectivity index (χ0v) is 22.4. The smallest absolute Gasteiger partial charge is 0.337 e. The second-order valence-electron chi connectivity index (χ2n) is 10.1. The number of allylic oxidation sites excluding steroid dienone is 2. The molecule has 1 aromatic heterocycles. The minimum absolute atomic E-state index is 0.0278. The molecule has 190 valence electrons. The Labute approximate surface area is 223 Å². The van der Waals surface area contributed by atoms with E-state index in [1.165, 1.54) is 11.3 Å². The summed E-state index contributed by atoms with van der Waals surface area (Å²) in [6.07, 6.45) is 7.79. The molecule has 3 aromatic rings. The molecule has 37 heavy (non-hydrogen) atoms. The number of thiazole rings is 1. The van der Waals surface area contributed by atoms with Gasteiger partial charge in [0.1, 0.15) is 0 Å². The quantitative estimate of drug-likeness (QED) is 0.399. The first kappa shape index (κ1) is 25.3. The third-order valence-electron chi connectivity index (χ3n) is 6.25. The number of nitrogens with zero attached hydrogens (tertiary/aromatic N) is 3. The van der Waals surface area contributed by atoms with Gasteiger partial charge < -0.3 is 9.84 Å². The highest BCUT2D eigenvalue weighted by Gasteiger charge is 2.36. The van der Waals surface area contributed by atoms with Crippen LogP contribution in [0.3, 0.4) is 0 Å². The van der Waals surface area contributed by atoms with Crippen LogP contribution in [0.5, 0.6) is 0 Å². The first-order valence-corrected chi connectivity index (χ1v) is 13.0. The van der Waals surface area contributed by atoms with Crippen molar-refractivity contribution in [3.8, 4) is 11.1 Å². The lowest BCUT2D eigenvalue weighted by Crippen LogP contribution is -2.40. The number of fused-ring (bicyclic) bond motifs is 2. The molecular weight excluding hydrogens is 510 g/mol. The zero-order chi connectivity index (χ0) is 26.5. The second kappa shape index (κ2) is 9.52. The van der Waals surface area contributed by atoms with Gasteiger partial charge in [-0.3, -0.25) is 14.7 Å². The summed E-state index contributed by atoms with van der Waals surface area (Å²) in [5.74, 6) is -1.60. The number of aryl methyl sites for hydroxylation is 1. The van der Waals surface area contributed by atoms with E-state index in [1.54, 1.807) is 35.6 Å². The van der Waals surface area contributed by atoms with Crippen LogP contribution < -0.4 is 4.90 Å². The maximum atomic E-state index is 13.3. The highest BCUT2D eigenvalue weighted by atomic mass is 35.5. The highest BCUT2D eigenvalue weighted by molar-refractivity contribution is 7.23. The number of aliphatic imine (C=N–C) groups is 1. The lowest BCUT2D eigenvalue weighted by Gasteiger charge is -2.29. The third kappa shape index (κ3) is 4.84. The Morgan fingerprint density at radius 2 is 1.95 bits per heavy atom. The van der Waals surface area contributed by atoms with Crippen molar-refractivity contribution in [2.24, 2.45) is 16.8 Å². The number of hydrogen-bond acceptors (Lipinski definition) is 6. The topological polar surface area (TPSA) is 92.1 Å². The number of benzene rings is 2. The van der Waals surface area contributed by atoms with Crippen LogP contribution in [0.4, 0.5) is 5.13 Å². The van der Waals surface area contributed by atoms with Gasteiger partial charge in [-0.05, 0) is 57.0 Å². The summed E-state index contributed by atoms with van der Waals surface area (Å²) in [5, 5.41) is 11.3. The largest absolute Gasteiger partial charge is 0.479 e. The predicted octanol–water partition coefficient (Wildman–Crippen LogP) is 6.56. The molecule has 0 aliphatic carbocycles. The van der Waals surface area contributed by atoms with Crippen LogP contribution in [0.25, 0.3) is 21.3 Å². The molecule has 2 aromatic carbocycles. The molecule has 1 amide bonds. The molecule has 9 heteroatoms. The lowest BCUT2D eigenvalue weighted by molar-refractivity contribution is -0.160. The van der Waals surface area contributed by atoms with Crippen molar-refractivity contribution in [3.05, 3.63) is 71.0 Å². The number of carboxylic acid groups (broad SMARTS) is 1. The molecule has 0 saturated carbocycles. The van der Waals surface area contributed by atoms with E-state index in [1.807, 2.05) is 58.0 Å². The van der Waals surface area contributed by atoms with Crippen LogP contribution >= 0.6 is 22.9 Å². The van der Waals surface area contributed by atoms with Gasteiger partial charge in [-0.15, -0.1) is 0 Å². The Bertz CT molecular complexity index is 1480. The number of carboxylic acids is 1. The molecule has 2 unspecified atom stereocenters. The van der Waals surface area contributed by atoms with Crippen molar-refractivity contribution in [1.82, 2.24) is 4.98 Å². The summed E-state index contributed by atoms with van der Waals surface area (Å²) in [5.41, 5.74) is 2.76. The highest BCUT2D eigenvalue weighted by Crippen LogP contribution is 2.45. The van der Waals surface area contributed by atoms with E-state index in [4.69, 9.17) is 21.3 Å². The van der Waals surface area contributed by atoms with E-state index in [2.05, 4.69) is 4.99 Å². The van der Waals surface area contributed by atoms with Gasteiger partial charge in [0.15, 0.2) is 11.2 Å². The number of ether oxygens (including phenoxy) is 1. The Morgan fingerprint density at radius 3 is 2.62 bits per heavy atom. The van der Waals surface area contributed by atoms with Crippen LogP contribution in [-0.2, 0) is 14.3 Å². The first-order chi connectivity index (χ1) is 17.5. The molecule has 0 radical (unpaired) electrons. The standard InChI is InChI=1S/C28H26ClN3O4S/c1-15-13-20-24(37-27(31-20)32-12-10-16-9-11-30-14-19(16)25(32)33)22(17-5-7-18(29)8-6-17)21(15)23(26(34)35)36-28(2,3)4/h5-14,16,19,23H,1-4H3,(H,34,35)/t16?,19?,23-/m0/s1. The van der Waals surface area contributed by atoms with Gasteiger partial charge in [0.25, 0.3) is 0 Å². The van der Waals surface area contributed by atoms with E-state index in [9.17, 15) is 14.7 Å².